The molecule has 1 fully saturated rings. The second-order valence-corrected chi connectivity index (χ2v) is 7.08. The van der Waals surface area contributed by atoms with Crippen molar-refractivity contribution in [2.45, 2.75) is 44.2 Å². The largest absolute Gasteiger partial charge is 0.413 e. The van der Waals surface area contributed by atoms with Gasteiger partial charge in [-0.3, -0.25) is 9.79 Å². The highest BCUT2D eigenvalue weighted by Crippen LogP contribution is 2.38. The van der Waals surface area contributed by atoms with Crippen molar-refractivity contribution in [3.8, 4) is 0 Å². The number of nitrogens with zero attached hydrogens (tertiary/aromatic N) is 2. The second kappa shape index (κ2) is 6.64. The van der Waals surface area contributed by atoms with Crippen LogP contribution in [0.15, 0.2) is 58.6 Å². The summed E-state index contributed by atoms with van der Waals surface area (Å²) in [5, 5.41) is 3.49. The van der Waals surface area contributed by atoms with Crippen molar-refractivity contribution >= 4 is 11.6 Å². The van der Waals surface area contributed by atoms with Crippen LogP contribution < -0.4 is 5.32 Å². The third-order valence-electron chi connectivity index (χ3n) is 5.37. The van der Waals surface area contributed by atoms with E-state index in [0.717, 1.165) is 5.56 Å². The van der Waals surface area contributed by atoms with E-state index in [2.05, 4.69) is 10.3 Å². The van der Waals surface area contributed by atoms with Crippen molar-refractivity contribution in [1.29, 1.82) is 0 Å². The quantitative estimate of drug-likeness (QED) is 0.878. The number of fused-ring (bicyclic) bond motifs is 2. The Bertz CT molecular complexity index is 842. The molecule has 0 aromatic heterocycles. The van der Waals surface area contributed by atoms with Crippen LogP contribution in [0.4, 0.5) is 13.2 Å². The molecule has 1 amide bonds. The van der Waals surface area contributed by atoms with Gasteiger partial charge in [0.25, 0.3) is 5.91 Å². The Morgan fingerprint density at radius 1 is 1.26 bits per heavy atom. The molecule has 27 heavy (non-hydrogen) atoms. The number of halogens is 3. The Labute approximate surface area is 155 Å². The van der Waals surface area contributed by atoms with Crippen molar-refractivity contribution in [1.82, 2.24) is 10.2 Å². The van der Waals surface area contributed by atoms with Crippen LogP contribution in [-0.2, 0) is 4.79 Å². The summed E-state index contributed by atoms with van der Waals surface area (Å²) in [6.07, 6.45) is -1.66. The predicted octanol–water partition coefficient (Wildman–Crippen LogP) is 3.54. The molecule has 4 rings (SSSR count). The van der Waals surface area contributed by atoms with Gasteiger partial charge in [-0.2, -0.15) is 13.2 Å². The number of hydrogen-bond donors (Lipinski definition) is 1. The van der Waals surface area contributed by atoms with Crippen molar-refractivity contribution < 1.29 is 18.0 Å². The van der Waals surface area contributed by atoms with E-state index >= 15 is 0 Å². The van der Waals surface area contributed by atoms with Gasteiger partial charge in [0, 0.05) is 12.6 Å². The van der Waals surface area contributed by atoms with Crippen LogP contribution in [0.25, 0.3) is 0 Å². The molecule has 4 nitrogen and oxygen atoms in total. The van der Waals surface area contributed by atoms with Crippen LogP contribution >= 0.6 is 0 Å². The SMILES string of the molecule is C[C@H](NC1CCN2C(=O)C3=C(C(F)(F)F)CC=CC3=NC12)c1ccccc1. The Morgan fingerprint density at radius 2 is 2.00 bits per heavy atom. The van der Waals surface area contributed by atoms with E-state index in [0.29, 0.717) is 13.0 Å². The standard InChI is InChI=1S/C20H20F3N3O/c1-12(13-6-3-2-4-7-13)24-16-10-11-26-18(16)25-15-9-5-8-14(20(21,22)23)17(15)19(26)27/h2-7,9,12,16,18,24H,8,10-11H2,1H3/t12-,16?,18?/m0/s1. The van der Waals surface area contributed by atoms with E-state index in [1.807, 2.05) is 37.3 Å². The Hall–Kier alpha value is -2.41. The zero-order valence-corrected chi connectivity index (χ0v) is 14.8. The maximum absolute atomic E-state index is 13.3. The fourth-order valence-electron chi connectivity index (χ4n) is 4.00. The Morgan fingerprint density at radius 3 is 2.70 bits per heavy atom. The third-order valence-corrected chi connectivity index (χ3v) is 5.37. The normalized spacial score (nSPS) is 26.0. The molecule has 3 aliphatic rings. The first kappa shape index (κ1) is 18.0. The summed E-state index contributed by atoms with van der Waals surface area (Å²) in [5.74, 6) is -0.557. The van der Waals surface area contributed by atoms with Gasteiger partial charge in [-0.05, 0) is 31.4 Å². The maximum Gasteiger partial charge on any atom is 0.413 e. The molecule has 142 valence electrons. The number of aliphatic imine (C=N–C) groups is 1. The molecule has 7 heteroatoms. The molecule has 2 unspecified atom stereocenters. The van der Waals surface area contributed by atoms with Gasteiger partial charge < -0.3 is 10.2 Å². The molecule has 1 saturated heterocycles. The van der Waals surface area contributed by atoms with E-state index in [-0.39, 0.29) is 29.8 Å². The molecule has 2 aliphatic heterocycles. The van der Waals surface area contributed by atoms with E-state index in [9.17, 15) is 18.0 Å². The van der Waals surface area contributed by atoms with E-state index < -0.39 is 23.8 Å². The highest BCUT2D eigenvalue weighted by atomic mass is 19.4. The highest BCUT2D eigenvalue weighted by Gasteiger charge is 2.47. The van der Waals surface area contributed by atoms with E-state index in [1.165, 1.54) is 17.1 Å². The first-order valence-corrected chi connectivity index (χ1v) is 9.03. The van der Waals surface area contributed by atoms with Gasteiger partial charge in [-0.1, -0.05) is 36.4 Å². The van der Waals surface area contributed by atoms with Crippen molar-refractivity contribution in [3.63, 3.8) is 0 Å². The fourth-order valence-corrected chi connectivity index (χ4v) is 4.00. The summed E-state index contributed by atoms with van der Waals surface area (Å²) in [5.41, 5.74) is 0.198. The molecule has 2 heterocycles. The number of carbonyl (C=O) groups is 1. The lowest BCUT2D eigenvalue weighted by molar-refractivity contribution is -0.129. The minimum atomic E-state index is -4.53. The van der Waals surface area contributed by atoms with E-state index in [4.69, 9.17) is 0 Å². The number of amides is 1. The summed E-state index contributed by atoms with van der Waals surface area (Å²) >= 11 is 0. The van der Waals surface area contributed by atoms with Crippen LogP contribution in [0.3, 0.4) is 0 Å². The number of benzene rings is 1. The topological polar surface area (TPSA) is 44.7 Å². The smallest absolute Gasteiger partial charge is 0.315 e. The average Bonchev–Trinajstić information content (AvgIpc) is 3.04. The predicted molar refractivity (Wildman–Crippen MR) is 96.2 cm³/mol. The van der Waals surface area contributed by atoms with Crippen LogP contribution in [0.1, 0.15) is 31.4 Å². The van der Waals surface area contributed by atoms with Crippen molar-refractivity contribution in [3.05, 3.63) is 59.2 Å². The van der Waals surface area contributed by atoms with Crippen LogP contribution in [0.5, 0.6) is 0 Å². The van der Waals surface area contributed by atoms with Gasteiger partial charge in [0.15, 0.2) is 0 Å². The molecule has 0 bridgehead atoms. The lowest BCUT2D eigenvalue weighted by Gasteiger charge is -2.34. The monoisotopic (exact) mass is 375 g/mol. The number of carbonyl (C=O) groups excluding carboxylic acids is 1. The van der Waals surface area contributed by atoms with Gasteiger partial charge in [0.1, 0.15) is 6.17 Å². The first-order valence-electron chi connectivity index (χ1n) is 9.03. The fraction of sp³-hybridized carbons (Fsp3) is 0.400. The van der Waals surface area contributed by atoms with Crippen molar-refractivity contribution in [2.24, 2.45) is 4.99 Å². The molecular weight excluding hydrogens is 355 g/mol. The molecular formula is C20H20F3N3O. The first-order chi connectivity index (χ1) is 12.9. The summed E-state index contributed by atoms with van der Waals surface area (Å²) in [4.78, 5) is 18.8. The Kier molecular flexibility index (Phi) is 4.42. The highest BCUT2D eigenvalue weighted by molar-refractivity contribution is 6.28. The van der Waals surface area contributed by atoms with Crippen LogP contribution in [-0.4, -0.2) is 41.4 Å². The molecule has 0 saturated carbocycles. The minimum absolute atomic E-state index is 0.0519. The molecule has 0 radical (unpaired) electrons. The maximum atomic E-state index is 13.3. The molecule has 0 spiro atoms. The van der Waals surface area contributed by atoms with Crippen LogP contribution in [0.2, 0.25) is 0 Å². The average molecular weight is 375 g/mol. The molecule has 1 N–H and O–H groups in total. The second-order valence-electron chi connectivity index (χ2n) is 7.08. The zero-order chi connectivity index (χ0) is 19.2. The summed E-state index contributed by atoms with van der Waals surface area (Å²) in [6, 6.07) is 9.85. The molecule has 1 aromatic rings. The van der Waals surface area contributed by atoms with Gasteiger partial charge in [0.2, 0.25) is 0 Å². The summed E-state index contributed by atoms with van der Waals surface area (Å²) in [7, 11) is 0. The number of allylic oxidation sites excluding steroid dienone is 3. The van der Waals surface area contributed by atoms with Crippen molar-refractivity contribution in [2.75, 3.05) is 6.54 Å². The van der Waals surface area contributed by atoms with E-state index in [1.54, 1.807) is 0 Å². The molecule has 1 aliphatic carbocycles. The summed E-state index contributed by atoms with van der Waals surface area (Å²) in [6.45, 7) is 2.43. The summed E-state index contributed by atoms with van der Waals surface area (Å²) < 4.78 is 40.0. The number of hydrogen-bond acceptors (Lipinski definition) is 3. The van der Waals surface area contributed by atoms with Crippen LogP contribution in [0, 0.1) is 0 Å². The van der Waals surface area contributed by atoms with Gasteiger partial charge in [-0.25, -0.2) is 0 Å². The minimum Gasteiger partial charge on any atom is -0.315 e. The third kappa shape index (κ3) is 3.20. The zero-order valence-electron chi connectivity index (χ0n) is 14.8. The lowest BCUT2D eigenvalue weighted by atomic mass is 9.92. The van der Waals surface area contributed by atoms with Gasteiger partial charge >= 0.3 is 6.18 Å². The number of rotatable bonds is 3. The number of alkyl halides is 3. The number of nitrogens with one attached hydrogen (secondary N) is 1. The lowest BCUT2D eigenvalue weighted by Crippen LogP contribution is -2.49. The molecule has 3 atom stereocenters. The Balaban J connectivity index is 1.62. The van der Waals surface area contributed by atoms with Gasteiger partial charge in [0.05, 0.1) is 22.9 Å². The van der Waals surface area contributed by atoms with Gasteiger partial charge in [-0.15, -0.1) is 0 Å². The molecule has 1 aromatic carbocycles.